The number of ether oxygens (including phenoxy) is 1. The first kappa shape index (κ1) is 23.9. The average molecular weight is 452 g/mol. The summed E-state index contributed by atoms with van der Waals surface area (Å²) >= 11 is 0. The Morgan fingerprint density at radius 1 is 1.03 bits per heavy atom. The van der Waals surface area contributed by atoms with Crippen LogP contribution in [0.25, 0.3) is 0 Å². The van der Waals surface area contributed by atoms with Crippen molar-refractivity contribution in [3.63, 3.8) is 0 Å². The number of anilines is 1. The number of ketones is 1. The molecule has 1 aromatic carbocycles. The molecule has 3 rings (SSSR count). The van der Waals surface area contributed by atoms with Gasteiger partial charge in [0.2, 0.25) is 5.91 Å². The van der Waals surface area contributed by atoms with E-state index in [0.717, 1.165) is 12.1 Å². The molecule has 0 radical (unpaired) electrons. The highest BCUT2D eigenvalue weighted by Gasteiger charge is 2.38. The normalized spacial score (nSPS) is 18.2. The van der Waals surface area contributed by atoms with Crippen LogP contribution in [0.2, 0.25) is 0 Å². The topological polar surface area (TPSA) is 70.2 Å². The van der Waals surface area contributed by atoms with E-state index in [1.54, 1.807) is 32.6 Å². The molecule has 2 aliphatic rings. The van der Waals surface area contributed by atoms with Crippen LogP contribution in [0, 0.1) is 23.5 Å². The predicted octanol–water partition coefficient (Wildman–Crippen LogP) is 3.08. The number of amides is 2. The van der Waals surface area contributed by atoms with Gasteiger partial charge in [0.1, 0.15) is 11.4 Å². The van der Waals surface area contributed by atoms with Crippen molar-refractivity contribution in [2.24, 2.45) is 11.8 Å². The summed E-state index contributed by atoms with van der Waals surface area (Å²) in [6.07, 6.45) is -0.292. The molecule has 32 heavy (non-hydrogen) atoms. The standard InChI is InChI=1S/C23H31F2N3O4/c1-15(11-20(29)16-13-28(14-16)22(31)32-23(2,3)4)21(30)27-9-7-26(8-10-27)17-5-6-18(24)19(25)12-17/h5-6,12,15-16H,7-11,13-14H2,1-4H3. The molecule has 0 N–H and O–H groups in total. The zero-order valence-electron chi connectivity index (χ0n) is 19.1. The number of hydrogen-bond acceptors (Lipinski definition) is 5. The average Bonchev–Trinajstić information content (AvgIpc) is 2.67. The third kappa shape index (κ3) is 5.75. The number of carbonyl (C=O) groups is 3. The molecule has 0 saturated carbocycles. The second-order valence-electron chi connectivity index (χ2n) is 9.56. The molecule has 0 bridgehead atoms. The molecule has 9 heteroatoms. The third-order valence-electron chi connectivity index (χ3n) is 5.78. The molecule has 1 aromatic rings. The Balaban J connectivity index is 1.43. The number of hydrogen-bond donors (Lipinski definition) is 0. The van der Waals surface area contributed by atoms with Crippen molar-refractivity contribution in [1.29, 1.82) is 0 Å². The van der Waals surface area contributed by atoms with Crippen LogP contribution in [0.1, 0.15) is 34.1 Å². The molecular weight excluding hydrogens is 420 g/mol. The summed E-state index contributed by atoms with van der Waals surface area (Å²) < 4.78 is 31.9. The number of piperazine rings is 1. The minimum atomic E-state index is -0.894. The van der Waals surface area contributed by atoms with Crippen LogP contribution in [-0.4, -0.2) is 72.5 Å². The zero-order valence-corrected chi connectivity index (χ0v) is 19.1. The van der Waals surface area contributed by atoms with Crippen molar-refractivity contribution in [2.45, 2.75) is 39.7 Å². The molecule has 0 aliphatic carbocycles. The lowest BCUT2D eigenvalue weighted by atomic mass is 9.89. The van der Waals surface area contributed by atoms with E-state index in [9.17, 15) is 23.2 Å². The van der Waals surface area contributed by atoms with E-state index in [0.29, 0.717) is 45.0 Å². The second kappa shape index (κ2) is 9.42. The number of benzene rings is 1. The van der Waals surface area contributed by atoms with Gasteiger partial charge < -0.3 is 19.4 Å². The number of carbonyl (C=O) groups excluding carboxylic acids is 3. The van der Waals surface area contributed by atoms with Crippen molar-refractivity contribution in [3.8, 4) is 0 Å². The highest BCUT2D eigenvalue weighted by molar-refractivity contribution is 5.89. The Morgan fingerprint density at radius 2 is 1.66 bits per heavy atom. The van der Waals surface area contributed by atoms with Crippen LogP contribution < -0.4 is 4.90 Å². The second-order valence-corrected chi connectivity index (χ2v) is 9.56. The maximum absolute atomic E-state index is 13.5. The Labute approximate surface area is 187 Å². The largest absolute Gasteiger partial charge is 0.444 e. The minimum Gasteiger partial charge on any atom is -0.444 e. The van der Waals surface area contributed by atoms with E-state index in [-0.39, 0.29) is 24.0 Å². The summed E-state index contributed by atoms with van der Waals surface area (Å²) in [6.45, 7) is 9.67. The van der Waals surface area contributed by atoms with Gasteiger partial charge in [0.25, 0.3) is 0 Å². The molecule has 1 atom stereocenters. The summed E-state index contributed by atoms with van der Waals surface area (Å²) in [4.78, 5) is 42.5. The zero-order chi connectivity index (χ0) is 23.6. The van der Waals surface area contributed by atoms with Crippen LogP contribution in [0.15, 0.2) is 18.2 Å². The molecule has 2 heterocycles. The lowest BCUT2D eigenvalue weighted by Crippen LogP contribution is -2.55. The van der Waals surface area contributed by atoms with E-state index in [1.165, 1.54) is 11.0 Å². The van der Waals surface area contributed by atoms with Crippen LogP contribution in [0.5, 0.6) is 0 Å². The molecule has 7 nitrogen and oxygen atoms in total. The summed E-state index contributed by atoms with van der Waals surface area (Å²) in [5, 5.41) is 0. The Hall–Kier alpha value is -2.71. The molecule has 1 unspecified atom stereocenters. The number of rotatable bonds is 5. The fraction of sp³-hybridized carbons (Fsp3) is 0.609. The molecule has 2 aliphatic heterocycles. The third-order valence-corrected chi connectivity index (χ3v) is 5.78. The van der Waals surface area contributed by atoms with Crippen molar-refractivity contribution in [1.82, 2.24) is 9.80 Å². The van der Waals surface area contributed by atoms with Crippen LogP contribution in [0.3, 0.4) is 0 Å². The van der Waals surface area contributed by atoms with Crippen LogP contribution >= 0.6 is 0 Å². The van der Waals surface area contributed by atoms with E-state index < -0.39 is 29.2 Å². The van der Waals surface area contributed by atoms with Gasteiger partial charge in [-0.2, -0.15) is 0 Å². The fourth-order valence-electron chi connectivity index (χ4n) is 3.89. The fourth-order valence-corrected chi connectivity index (χ4v) is 3.89. The van der Waals surface area contributed by atoms with E-state index in [2.05, 4.69) is 0 Å². The first-order chi connectivity index (χ1) is 14.9. The summed E-state index contributed by atoms with van der Waals surface area (Å²) in [5.41, 5.74) is 0.000824. The number of likely N-dealkylation sites (tertiary alicyclic amines) is 1. The van der Waals surface area contributed by atoms with Crippen molar-refractivity contribution < 1.29 is 27.9 Å². The van der Waals surface area contributed by atoms with Gasteiger partial charge in [-0.3, -0.25) is 9.59 Å². The van der Waals surface area contributed by atoms with Gasteiger partial charge in [0.05, 0.1) is 5.92 Å². The van der Waals surface area contributed by atoms with Gasteiger partial charge in [-0.25, -0.2) is 13.6 Å². The quantitative estimate of drug-likeness (QED) is 0.688. The van der Waals surface area contributed by atoms with E-state index >= 15 is 0 Å². The number of halogens is 2. The SMILES string of the molecule is CC(CC(=O)C1CN(C(=O)OC(C)(C)C)C1)C(=O)N1CCN(c2ccc(F)c(F)c2)CC1. The monoisotopic (exact) mass is 451 g/mol. The van der Waals surface area contributed by atoms with Crippen molar-refractivity contribution in [2.75, 3.05) is 44.2 Å². The summed E-state index contributed by atoms with van der Waals surface area (Å²) in [6, 6.07) is 3.78. The lowest BCUT2D eigenvalue weighted by Gasteiger charge is -2.39. The van der Waals surface area contributed by atoms with Gasteiger partial charge in [0, 0.05) is 63.4 Å². The Kier molecular flexibility index (Phi) is 7.05. The molecule has 0 aromatic heterocycles. The predicted molar refractivity (Wildman–Crippen MR) is 115 cm³/mol. The van der Waals surface area contributed by atoms with Gasteiger partial charge in [-0.05, 0) is 32.9 Å². The van der Waals surface area contributed by atoms with Crippen LogP contribution in [0.4, 0.5) is 19.3 Å². The first-order valence-electron chi connectivity index (χ1n) is 10.9. The van der Waals surface area contributed by atoms with Gasteiger partial charge in [-0.15, -0.1) is 0 Å². The van der Waals surface area contributed by atoms with Gasteiger partial charge >= 0.3 is 6.09 Å². The Morgan fingerprint density at radius 3 is 2.22 bits per heavy atom. The molecule has 2 amide bonds. The molecule has 2 saturated heterocycles. The lowest BCUT2D eigenvalue weighted by molar-refractivity contribution is -0.139. The summed E-state index contributed by atoms with van der Waals surface area (Å²) in [5.74, 6) is -2.61. The van der Waals surface area contributed by atoms with Gasteiger partial charge in [-0.1, -0.05) is 6.92 Å². The van der Waals surface area contributed by atoms with E-state index in [1.807, 2.05) is 4.90 Å². The summed E-state index contributed by atoms with van der Waals surface area (Å²) in [7, 11) is 0. The molecule has 2 fully saturated rings. The minimum absolute atomic E-state index is 0.0221. The van der Waals surface area contributed by atoms with Crippen LogP contribution in [-0.2, 0) is 14.3 Å². The Bertz CT molecular complexity index is 872. The first-order valence-corrected chi connectivity index (χ1v) is 10.9. The van der Waals surface area contributed by atoms with Crippen molar-refractivity contribution in [3.05, 3.63) is 29.8 Å². The molecule has 176 valence electrons. The van der Waals surface area contributed by atoms with Gasteiger partial charge in [0.15, 0.2) is 11.6 Å². The highest BCUT2D eigenvalue weighted by Crippen LogP contribution is 2.24. The smallest absolute Gasteiger partial charge is 0.410 e. The maximum atomic E-state index is 13.5. The van der Waals surface area contributed by atoms with Crippen molar-refractivity contribution >= 4 is 23.5 Å². The molecule has 0 spiro atoms. The molecular formula is C23H31F2N3O4. The van der Waals surface area contributed by atoms with E-state index in [4.69, 9.17) is 4.74 Å². The number of Topliss-reactive ketones (excluding diaryl/α,β-unsaturated/α-hetero) is 1. The highest BCUT2D eigenvalue weighted by atomic mass is 19.2. The number of nitrogens with zero attached hydrogens (tertiary/aromatic N) is 3. The maximum Gasteiger partial charge on any atom is 0.410 e.